The van der Waals surface area contributed by atoms with Crippen LogP contribution in [0.15, 0.2) is 34.7 Å². The van der Waals surface area contributed by atoms with Crippen LogP contribution in [0.2, 0.25) is 0 Å². The smallest absolute Gasteiger partial charge is 0.154 e. The van der Waals surface area contributed by atoms with Gasteiger partial charge in [0.15, 0.2) is 6.29 Å². The van der Waals surface area contributed by atoms with Crippen molar-refractivity contribution in [1.29, 1.82) is 0 Å². The zero-order valence-corrected chi connectivity index (χ0v) is 9.19. The molecule has 0 amide bonds. The van der Waals surface area contributed by atoms with Gasteiger partial charge in [0.1, 0.15) is 17.3 Å². The zero-order chi connectivity index (χ0) is 11.5. The number of methoxy groups -OCH3 is 1. The lowest BCUT2D eigenvalue weighted by Gasteiger charge is -2.06. The normalized spacial score (nSPS) is 10.1. The van der Waals surface area contributed by atoms with E-state index < -0.39 is 0 Å². The number of hydrogen-bond acceptors (Lipinski definition) is 3. The molecule has 0 radical (unpaired) electrons. The highest BCUT2D eigenvalue weighted by Crippen LogP contribution is 2.30. The molecule has 0 bridgehead atoms. The summed E-state index contributed by atoms with van der Waals surface area (Å²) in [6, 6.07) is 9.13. The summed E-state index contributed by atoms with van der Waals surface area (Å²) in [5, 5.41) is 0. The number of aldehydes is 1. The Kier molecular flexibility index (Phi) is 2.77. The molecule has 1 aromatic carbocycles. The molecule has 0 aliphatic heterocycles. The SMILES string of the molecule is COc1cccc(-c2ccc(C)o2)c1C=O. The van der Waals surface area contributed by atoms with E-state index >= 15 is 0 Å². The Morgan fingerprint density at radius 1 is 1.25 bits per heavy atom. The predicted octanol–water partition coefficient (Wildman–Crippen LogP) is 3.08. The van der Waals surface area contributed by atoms with Gasteiger partial charge in [0, 0.05) is 5.56 Å². The molecule has 3 nitrogen and oxygen atoms in total. The van der Waals surface area contributed by atoms with Crippen LogP contribution < -0.4 is 4.74 Å². The van der Waals surface area contributed by atoms with Crippen LogP contribution >= 0.6 is 0 Å². The molecule has 82 valence electrons. The summed E-state index contributed by atoms with van der Waals surface area (Å²) < 4.78 is 10.6. The fourth-order valence-corrected chi connectivity index (χ4v) is 1.64. The number of rotatable bonds is 3. The molecule has 0 saturated carbocycles. The van der Waals surface area contributed by atoms with E-state index in [0.717, 1.165) is 17.6 Å². The fraction of sp³-hybridized carbons (Fsp3) is 0.154. The summed E-state index contributed by atoms with van der Waals surface area (Å²) in [6.45, 7) is 1.87. The lowest BCUT2D eigenvalue weighted by molar-refractivity contribution is 0.112. The first-order valence-corrected chi connectivity index (χ1v) is 4.95. The highest BCUT2D eigenvalue weighted by atomic mass is 16.5. The molecule has 0 aliphatic carbocycles. The molecule has 3 heteroatoms. The highest BCUT2D eigenvalue weighted by Gasteiger charge is 2.12. The van der Waals surface area contributed by atoms with Crippen molar-refractivity contribution in [3.8, 4) is 17.1 Å². The Labute approximate surface area is 93.7 Å². The molecule has 0 spiro atoms. The van der Waals surface area contributed by atoms with Gasteiger partial charge < -0.3 is 9.15 Å². The Bertz CT molecular complexity index is 512. The number of ether oxygens (including phenoxy) is 1. The third-order valence-electron chi connectivity index (χ3n) is 2.41. The van der Waals surface area contributed by atoms with Gasteiger partial charge in [0.2, 0.25) is 0 Å². The maximum atomic E-state index is 11.1. The van der Waals surface area contributed by atoms with Crippen LogP contribution in [-0.4, -0.2) is 13.4 Å². The van der Waals surface area contributed by atoms with Gasteiger partial charge in [-0.25, -0.2) is 0 Å². The first kappa shape index (κ1) is 10.5. The minimum Gasteiger partial charge on any atom is -0.496 e. The van der Waals surface area contributed by atoms with Crippen LogP contribution in [-0.2, 0) is 0 Å². The Hall–Kier alpha value is -2.03. The maximum Gasteiger partial charge on any atom is 0.154 e. The van der Waals surface area contributed by atoms with Crippen LogP contribution in [0, 0.1) is 6.92 Å². The number of carbonyl (C=O) groups is 1. The Balaban J connectivity index is 2.60. The van der Waals surface area contributed by atoms with Crippen molar-refractivity contribution in [3.63, 3.8) is 0 Å². The molecular formula is C13H12O3. The van der Waals surface area contributed by atoms with Crippen LogP contribution in [0.4, 0.5) is 0 Å². The van der Waals surface area contributed by atoms with Crippen LogP contribution in [0.5, 0.6) is 5.75 Å². The maximum absolute atomic E-state index is 11.1. The van der Waals surface area contributed by atoms with Crippen molar-refractivity contribution in [2.45, 2.75) is 6.92 Å². The lowest BCUT2D eigenvalue weighted by Crippen LogP contribution is -1.93. The fourth-order valence-electron chi connectivity index (χ4n) is 1.64. The number of furan rings is 1. The van der Waals surface area contributed by atoms with E-state index in [2.05, 4.69) is 0 Å². The van der Waals surface area contributed by atoms with Crippen LogP contribution in [0.3, 0.4) is 0 Å². The average Bonchev–Trinajstić information content (AvgIpc) is 2.74. The van der Waals surface area contributed by atoms with Crippen molar-refractivity contribution in [2.75, 3.05) is 7.11 Å². The first-order chi connectivity index (χ1) is 7.76. The van der Waals surface area contributed by atoms with E-state index in [4.69, 9.17) is 9.15 Å². The second kappa shape index (κ2) is 4.23. The van der Waals surface area contributed by atoms with Crippen molar-refractivity contribution < 1.29 is 13.9 Å². The summed E-state index contributed by atoms with van der Waals surface area (Å²) in [7, 11) is 1.54. The molecule has 0 aliphatic rings. The predicted molar refractivity (Wildman–Crippen MR) is 60.8 cm³/mol. The molecular weight excluding hydrogens is 204 g/mol. The van der Waals surface area contributed by atoms with Crippen molar-refractivity contribution >= 4 is 6.29 Å². The third kappa shape index (κ3) is 1.72. The summed E-state index contributed by atoms with van der Waals surface area (Å²) in [6.07, 6.45) is 0.784. The number of benzene rings is 1. The Morgan fingerprint density at radius 3 is 2.62 bits per heavy atom. The Morgan fingerprint density at radius 2 is 2.06 bits per heavy atom. The second-order valence-corrected chi connectivity index (χ2v) is 3.45. The van der Waals surface area contributed by atoms with Gasteiger partial charge in [-0.05, 0) is 25.1 Å². The summed E-state index contributed by atoms with van der Waals surface area (Å²) in [5.41, 5.74) is 1.27. The zero-order valence-electron chi connectivity index (χ0n) is 9.19. The van der Waals surface area contributed by atoms with Crippen molar-refractivity contribution in [1.82, 2.24) is 0 Å². The molecule has 0 N–H and O–H groups in total. The molecule has 0 atom stereocenters. The largest absolute Gasteiger partial charge is 0.496 e. The standard InChI is InChI=1S/C13H12O3/c1-9-6-7-13(16-9)10-4-3-5-12(15-2)11(10)8-14/h3-8H,1-2H3. The topological polar surface area (TPSA) is 39.4 Å². The van der Waals surface area contributed by atoms with Gasteiger partial charge in [-0.3, -0.25) is 4.79 Å². The third-order valence-corrected chi connectivity index (χ3v) is 2.41. The number of aryl methyl sites for hydroxylation is 1. The molecule has 2 rings (SSSR count). The lowest BCUT2D eigenvalue weighted by atomic mass is 10.1. The molecule has 0 fully saturated rings. The van der Waals surface area contributed by atoms with Gasteiger partial charge in [-0.1, -0.05) is 12.1 Å². The second-order valence-electron chi connectivity index (χ2n) is 3.45. The van der Waals surface area contributed by atoms with Crippen molar-refractivity contribution in [3.05, 3.63) is 41.7 Å². The van der Waals surface area contributed by atoms with E-state index in [1.807, 2.05) is 31.2 Å². The molecule has 0 saturated heterocycles. The first-order valence-electron chi connectivity index (χ1n) is 4.95. The minimum atomic E-state index is 0.513. The molecule has 0 unspecified atom stereocenters. The quantitative estimate of drug-likeness (QED) is 0.740. The highest BCUT2D eigenvalue weighted by molar-refractivity contribution is 5.89. The molecule has 1 heterocycles. The van der Waals surface area contributed by atoms with Gasteiger partial charge in [-0.2, -0.15) is 0 Å². The summed E-state index contributed by atoms with van der Waals surface area (Å²) in [4.78, 5) is 11.1. The van der Waals surface area contributed by atoms with E-state index in [1.165, 1.54) is 0 Å². The average molecular weight is 216 g/mol. The van der Waals surface area contributed by atoms with Crippen molar-refractivity contribution in [2.24, 2.45) is 0 Å². The summed E-state index contributed by atoms with van der Waals surface area (Å²) >= 11 is 0. The van der Waals surface area contributed by atoms with Gasteiger partial charge in [0.05, 0.1) is 12.7 Å². The molecule has 2 aromatic rings. The van der Waals surface area contributed by atoms with Gasteiger partial charge in [-0.15, -0.1) is 0 Å². The minimum absolute atomic E-state index is 0.513. The molecule has 16 heavy (non-hydrogen) atoms. The van der Waals surface area contributed by atoms with Crippen LogP contribution in [0.1, 0.15) is 16.1 Å². The number of hydrogen-bond donors (Lipinski definition) is 0. The molecule has 1 aromatic heterocycles. The monoisotopic (exact) mass is 216 g/mol. The van der Waals surface area contributed by atoms with E-state index in [0.29, 0.717) is 17.1 Å². The van der Waals surface area contributed by atoms with E-state index in [-0.39, 0.29) is 0 Å². The summed E-state index contributed by atoms with van der Waals surface area (Å²) in [5.74, 6) is 2.05. The van der Waals surface area contributed by atoms with Gasteiger partial charge >= 0.3 is 0 Å². The van der Waals surface area contributed by atoms with E-state index in [1.54, 1.807) is 13.2 Å². The van der Waals surface area contributed by atoms with E-state index in [9.17, 15) is 4.79 Å². The van der Waals surface area contributed by atoms with Gasteiger partial charge in [0.25, 0.3) is 0 Å². The van der Waals surface area contributed by atoms with Crippen LogP contribution in [0.25, 0.3) is 11.3 Å². The number of carbonyl (C=O) groups excluding carboxylic acids is 1.